The second-order valence-electron chi connectivity index (χ2n) is 3.98. The fraction of sp³-hybridized carbons (Fsp3) is 0.700. The van der Waals surface area contributed by atoms with Crippen LogP contribution in [0.15, 0.2) is 17.6 Å². The molecule has 0 unspecified atom stereocenters. The first-order valence-electron chi connectivity index (χ1n) is 5.15. The van der Waals surface area contributed by atoms with E-state index in [1.54, 1.807) is 0 Å². The van der Waals surface area contributed by atoms with Crippen molar-refractivity contribution in [1.29, 1.82) is 0 Å². The Bertz CT molecular complexity index is 295. The minimum Gasteiger partial charge on any atom is -0.329 e. The maximum atomic E-state index is 5.87. The Kier molecular flexibility index (Phi) is 4.96. The maximum absolute atomic E-state index is 5.87. The fourth-order valence-corrected chi connectivity index (χ4v) is 2.98. The predicted molar refractivity (Wildman–Crippen MR) is 66.5 cm³/mol. The van der Waals surface area contributed by atoms with E-state index in [9.17, 15) is 0 Å². The zero-order valence-electron chi connectivity index (χ0n) is 8.93. The van der Waals surface area contributed by atoms with Crippen LogP contribution in [-0.4, -0.2) is 20.8 Å². The van der Waals surface area contributed by atoms with Gasteiger partial charge in [-0.05, 0) is 25.7 Å². The normalized spacial score (nSPS) is 26.0. The summed E-state index contributed by atoms with van der Waals surface area (Å²) >= 11 is 1.90. The van der Waals surface area contributed by atoms with E-state index in [-0.39, 0.29) is 12.4 Å². The molecule has 0 atom stereocenters. The van der Waals surface area contributed by atoms with Crippen molar-refractivity contribution in [3.63, 3.8) is 0 Å². The van der Waals surface area contributed by atoms with E-state index in [1.165, 1.54) is 25.7 Å². The van der Waals surface area contributed by atoms with Crippen molar-refractivity contribution >= 4 is 24.2 Å². The average Bonchev–Trinajstić information content (AvgIpc) is 2.56. The van der Waals surface area contributed by atoms with Crippen molar-refractivity contribution in [1.82, 2.24) is 9.55 Å². The van der Waals surface area contributed by atoms with E-state index in [1.807, 2.05) is 31.2 Å². The first kappa shape index (κ1) is 12.9. The standard InChI is InChI=1S/C10H17N3S.ClH/c1-13-7-6-12-10(13)14-9-4-2-8(11)3-5-9;/h6-9H,2-5,11H2,1H3;1H. The first-order chi connectivity index (χ1) is 6.75. The molecule has 1 aliphatic carbocycles. The van der Waals surface area contributed by atoms with E-state index < -0.39 is 0 Å². The molecule has 1 heterocycles. The Labute approximate surface area is 101 Å². The Morgan fingerprint density at radius 2 is 2.07 bits per heavy atom. The van der Waals surface area contributed by atoms with Crippen molar-refractivity contribution in [2.24, 2.45) is 12.8 Å². The highest BCUT2D eigenvalue weighted by molar-refractivity contribution is 7.99. The third kappa shape index (κ3) is 3.40. The van der Waals surface area contributed by atoms with Gasteiger partial charge in [0.25, 0.3) is 0 Å². The SMILES string of the molecule is Cl.Cn1ccnc1SC1CCC(N)CC1. The van der Waals surface area contributed by atoms with Gasteiger partial charge in [-0.1, -0.05) is 11.8 Å². The molecule has 1 aromatic heterocycles. The summed E-state index contributed by atoms with van der Waals surface area (Å²) in [5.41, 5.74) is 5.87. The van der Waals surface area contributed by atoms with Crippen LogP contribution in [0.4, 0.5) is 0 Å². The summed E-state index contributed by atoms with van der Waals surface area (Å²) in [7, 11) is 2.05. The number of imidazole rings is 1. The Morgan fingerprint density at radius 1 is 1.40 bits per heavy atom. The largest absolute Gasteiger partial charge is 0.329 e. The van der Waals surface area contributed by atoms with Crippen LogP contribution in [0.25, 0.3) is 0 Å². The number of hydrogen-bond donors (Lipinski definition) is 1. The van der Waals surface area contributed by atoms with Crippen molar-refractivity contribution in [2.75, 3.05) is 0 Å². The van der Waals surface area contributed by atoms with Crippen molar-refractivity contribution in [3.05, 3.63) is 12.4 Å². The van der Waals surface area contributed by atoms with Gasteiger partial charge >= 0.3 is 0 Å². The molecular formula is C10H18ClN3S. The molecule has 0 amide bonds. The molecule has 1 saturated carbocycles. The molecule has 1 aliphatic rings. The van der Waals surface area contributed by atoms with Gasteiger partial charge in [0, 0.05) is 30.7 Å². The number of hydrogen-bond acceptors (Lipinski definition) is 3. The molecule has 0 saturated heterocycles. The lowest BCUT2D eigenvalue weighted by atomic mass is 9.96. The van der Waals surface area contributed by atoms with Crippen LogP contribution in [0, 0.1) is 0 Å². The van der Waals surface area contributed by atoms with E-state index in [0.717, 1.165) is 10.4 Å². The molecule has 0 radical (unpaired) electrons. The summed E-state index contributed by atoms with van der Waals surface area (Å²) in [6.07, 6.45) is 8.66. The molecule has 86 valence electrons. The minimum atomic E-state index is 0. The van der Waals surface area contributed by atoms with Crippen LogP contribution in [0.5, 0.6) is 0 Å². The highest BCUT2D eigenvalue weighted by Crippen LogP contribution is 2.31. The fourth-order valence-electron chi connectivity index (χ4n) is 1.82. The summed E-state index contributed by atoms with van der Waals surface area (Å²) in [5, 5.41) is 1.85. The minimum absolute atomic E-state index is 0. The maximum Gasteiger partial charge on any atom is 0.167 e. The molecule has 1 fully saturated rings. The topological polar surface area (TPSA) is 43.8 Å². The first-order valence-corrected chi connectivity index (χ1v) is 6.03. The summed E-state index contributed by atoms with van der Waals surface area (Å²) < 4.78 is 2.08. The summed E-state index contributed by atoms with van der Waals surface area (Å²) in [4.78, 5) is 4.32. The average molecular weight is 248 g/mol. The number of nitrogens with zero attached hydrogens (tertiary/aromatic N) is 2. The van der Waals surface area contributed by atoms with Crippen LogP contribution in [0.1, 0.15) is 25.7 Å². The number of aromatic nitrogens is 2. The molecule has 1 aromatic rings. The zero-order chi connectivity index (χ0) is 9.97. The number of aryl methyl sites for hydroxylation is 1. The van der Waals surface area contributed by atoms with Gasteiger partial charge in [-0.3, -0.25) is 0 Å². The van der Waals surface area contributed by atoms with Crippen LogP contribution in [0.3, 0.4) is 0 Å². The molecule has 3 nitrogen and oxygen atoms in total. The lowest BCUT2D eigenvalue weighted by Crippen LogP contribution is -2.27. The van der Waals surface area contributed by atoms with Gasteiger partial charge in [0.15, 0.2) is 5.16 Å². The molecular weight excluding hydrogens is 230 g/mol. The highest BCUT2D eigenvalue weighted by Gasteiger charge is 2.20. The second-order valence-corrected chi connectivity index (χ2v) is 5.24. The van der Waals surface area contributed by atoms with Crippen molar-refractivity contribution in [3.8, 4) is 0 Å². The Balaban J connectivity index is 0.00000112. The third-order valence-corrected chi connectivity index (χ3v) is 4.18. The molecule has 15 heavy (non-hydrogen) atoms. The molecule has 0 aromatic carbocycles. The Morgan fingerprint density at radius 3 is 2.60 bits per heavy atom. The molecule has 0 spiro atoms. The van der Waals surface area contributed by atoms with Gasteiger partial charge in [0.2, 0.25) is 0 Å². The molecule has 2 N–H and O–H groups in total. The quantitative estimate of drug-likeness (QED) is 0.872. The van der Waals surface area contributed by atoms with Gasteiger partial charge in [-0.15, -0.1) is 12.4 Å². The lowest BCUT2D eigenvalue weighted by molar-refractivity contribution is 0.450. The molecule has 2 rings (SSSR count). The molecule has 0 aliphatic heterocycles. The van der Waals surface area contributed by atoms with E-state index in [4.69, 9.17) is 5.73 Å². The van der Waals surface area contributed by atoms with Gasteiger partial charge in [0.05, 0.1) is 0 Å². The van der Waals surface area contributed by atoms with Crippen LogP contribution in [-0.2, 0) is 7.05 Å². The molecule has 0 bridgehead atoms. The van der Waals surface area contributed by atoms with Crippen LogP contribution < -0.4 is 5.73 Å². The van der Waals surface area contributed by atoms with Crippen molar-refractivity contribution < 1.29 is 0 Å². The predicted octanol–water partition coefficient (Wildman–Crippen LogP) is 2.20. The number of nitrogens with two attached hydrogens (primary N) is 1. The third-order valence-electron chi connectivity index (χ3n) is 2.77. The van der Waals surface area contributed by atoms with Gasteiger partial charge in [0.1, 0.15) is 0 Å². The monoisotopic (exact) mass is 247 g/mol. The van der Waals surface area contributed by atoms with E-state index in [2.05, 4.69) is 9.55 Å². The second kappa shape index (κ2) is 5.77. The van der Waals surface area contributed by atoms with E-state index in [0.29, 0.717) is 6.04 Å². The lowest BCUT2D eigenvalue weighted by Gasteiger charge is -2.24. The molecule has 5 heteroatoms. The van der Waals surface area contributed by atoms with Gasteiger partial charge < -0.3 is 10.3 Å². The summed E-state index contributed by atoms with van der Waals surface area (Å²) in [6.45, 7) is 0. The van der Waals surface area contributed by atoms with Crippen molar-refractivity contribution in [2.45, 2.75) is 42.1 Å². The van der Waals surface area contributed by atoms with Crippen LogP contribution in [0.2, 0.25) is 0 Å². The number of thioether (sulfide) groups is 1. The number of rotatable bonds is 2. The highest BCUT2D eigenvalue weighted by atomic mass is 35.5. The van der Waals surface area contributed by atoms with E-state index >= 15 is 0 Å². The number of halogens is 1. The Hall–Kier alpha value is -0.190. The smallest absolute Gasteiger partial charge is 0.167 e. The summed E-state index contributed by atoms with van der Waals surface area (Å²) in [5.74, 6) is 0. The zero-order valence-corrected chi connectivity index (χ0v) is 10.6. The van der Waals surface area contributed by atoms with Crippen LogP contribution >= 0.6 is 24.2 Å². The van der Waals surface area contributed by atoms with Gasteiger partial charge in [-0.25, -0.2) is 4.98 Å². The van der Waals surface area contributed by atoms with Gasteiger partial charge in [-0.2, -0.15) is 0 Å². The summed E-state index contributed by atoms with van der Waals surface area (Å²) in [6, 6.07) is 0.438.